The third-order valence-corrected chi connectivity index (χ3v) is 4.72. The van der Waals surface area contributed by atoms with Crippen molar-refractivity contribution in [2.75, 3.05) is 26.0 Å². The van der Waals surface area contributed by atoms with Gasteiger partial charge < -0.3 is 10.1 Å². The van der Waals surface area contributed by atoms with Crippen LogP contribution in [0.3, 0.4) is 0 Å². The molecule has 0 fully saturated rings. The largest absolute Gasteiger partial charge is 0.383 e. The van der Waals surface area contributed by atoms with Crippen molar-refractivity contribution in [1.29, 1.82) is 0 Å². The van der Waals surface area contributed by atoms with E-state index in [0.29, 0.717) is 18.3 Å². The number of benzene rings is 1. The first-order chi connectivity index (χ1) is 9.58. The zero-order valence-electron chi connectivity index (χ0n) is 13.0. The predicted molar refractivity (Wildman–Crippen MR) is 85.8 cm³/mol. The first kappa shape index (κ1) is 17.3. The molecule has 3 nitrogen and oxygen atoms in total. The molecule has 0 saturated carbocycles. The Hall–Kier alpha value is -0.710. The monoisotopic (exact) mass is 297 g/mol. The average Bonchev–Trinajstić information content (AvgIpc) is 2.45. The van der Waals surface area contributed by atoms with Crippen LogP contribution in [0.15, 0.2) is 29.2 Å². The van der Waals surface area contributed by atoms with Crippen LogP contribution < -0.4 is 5.32 Å². The Morgan fingerprint density at radius 1 is 1.25 bits per heavy atom. The lowest BCUT2D eigenvalue weighted by atomic mass is 10.0. The Balaban J connectivity index is 2.63. The number of methoxy groups -OCH3 is 1. The topological polar surface area (TPSA) is 38.3 Å². The van der Waals surface area contributed by atoms with Crippen LogP contribution in [-0.2, 0) is 15.5 Å². The summed E-state index contributed by atoms with van der Waals surface area (Å²) in [5.41, 5.74) is 1.28. The summed E-state index contributed by atoms with van der Waals surface area (Å²) in [7, 11) is 0.699. The molecule has 0 aliphatic rings. The van der Waals surface area contributed by atoms with Crippen LogP contribution >= 0.6 is 0 Å². The van der Waals surface area contributed by atoms with Crippen LogP contribution in [0.1, 0.15) is 38.7 Å². The van der Waals surface area contributed by atoms with Crippen molar-refractivity contribution in [3.05, 3.63) is 29.8 Å². The van der Waals surface area contributed by atoms with Crippen molar-refractivity contribution >= 4 is 10.8 Å². The third kappa shape index (κ3) is 5.73. The van der Waals surface area contributed by atoms with E-state index < -0.39 is 10.8 Å². The van der Waals surface area contributed by atoms with Crippen LogP contribution in [-0.4, -0.2) is 36.3 Å². The van der Waals surface area contributed by atoms with E-state index in [-0.39, 0.29) is 6.04 Å². The van der Waals surface area contributed by atoms with E-state index in [2.05, 4.69) is 38.2 Å². The molecule has 1 rings (SSSR count). The molecule has 20 heavy (non-hydrogen) atoms. The van der Waals surface area contributed by atoms with Gasteiger partial charge in [-0.25, -0.2) is 0 Å². The van der Waals surface area contributed by atoms with E-state index in [0.717, 1.165) is 17.9 Å². The standard InChI is InChI=1S/C16H27NO2S/c1-5-10-17-15(11-19-4)12-20(18)16-8-6-14(7-9-16)13(2)3/h6-9,13,15,17H,5,10-12H2,1-4H3. The maximum Gasteiger partial charge on any atom is 0.0624 e. The van der Waals surface area contributed by atoms with E-state index in [4.69, 9.17) is 4.74 Å². The van der Waals surface area contributed by atoms with Crippen LogP contribution in [0.25, 0.3) is 0 Å². The number of ether oxygens (including phenoxy) is 1. The van der Waals surface area contributed by atoms with Gasteiger partial charge >= 0.3 is 0 Å². The highest BCUT2D eigenvalue weighted by Gasteiger charge is 2.13. The van der Waals surface area contributed by atoms with E-state index in [1.54, 1.807) is 7.11 Å². The number of hydrogen-bond donors (Lipinski definition) is 1. The third-order valence-electron chi connectivity index (χ3n) is 3.21. The minimum absolute atomic E-state index is 0.144. The van der Waals surface area contributed by atoms with Gasteiger partial charge in [0.2, 0.25) is 0 Å². The Bertz CT molecular complexity index is 403. The Morgan fingerprint density at radius 3 is 2.40 bits per heavy atom. The van der Waals surface area contributed by atoms with Gasteiger partial charge in [-0.3, -0.25) is 4.21 Å². The SMILES string of the molecule is CCCNC(COC)CS(=O)c1ccc(C(C)C)cc1. The molecule has 0 bridgehead atoms. The Morgan fingerprint density at radius 2 is 1.90 bits per heavy atom. The highest BCUT2D eigenvalue weighted by atomic mass is 32.2. The lowest BCUT2D eigenvalue weighted by Gasteiger charge is -2.17. The van der Waals surface area contributed by atoms with Gasteiger partial charge in [0, 0.05) is 23.8 Å². The fourth-order valence-corrected chi connectivity index (χ4v) is 3.21. The van der Waals surface area contributed by atoms with E-state index in [1.807, 2.05) is 12.1 Å². The average molecular weight is 297 g/mol. The highest BCUT2D eigenvalue weighted by molar-refractivity contribution is 7.85. The molecule has 0 amide bonds. The Labute approximate surface area is 125 Å². The summed E-state index contributed by atoms with van der Waals surface area (Å²) in [6.45, 7) is 7.97. The second-order valence-electron chi connectivity index (χ2n) is 5.34. The summed E-state index contributed by atoms with van der Waals surface area (Å²) in [5.74, 6) is 1.10. The van der Waals surface area contributed by atoms with Crippen molar-refractivity contribution in [3.63, 3.8) is 0 Å². The lowest BCUT2D eigenvalue weighted by molar-refractivity contribution is 0.173. The van der Waals surface area contributed by atoms with Gasteiger partial charge in [-0.2, -0.15) is 0 Å². The molecule has 0 aliphatic heterocycles. The molecule has 114 valence electrons. The van der Waals surface area contributed by atoms with Crippen molar-refractivity contribution in [2.24, 2.45) is 0 Å². The predicted octanol–water partition coefficient (Wildman–Crippen LogP) is 2.93. The van der Waals surface area contributed by atoms with Gasteiger partial charge in [0.15, 0.2) is 0 Å². The summed E-state index contributed by atoms with van der Waals surface area (Å²) >= 11 is 0. The van der Waals surface area contributed by atoms with E-state index >= 15 is 0 Å². The molecule has 2 atom stereocenters. The van der Waals surface area contributed by atoms with Gasteiger partial charge in [-0.15, -0.1) is 0 Å². The molecule has 2 unspecified atom stereocenters. The zero-order chi connectivity index (χ0) is 15.0. The summed E-state index contributed by atoms with van der Waals surface area (Å²) in [4.78, 5) is 0.897. The van der Waals surface area contributed by atoms with E-state index in [9.17, 15) is 4.21 Å². The molecule has 0 saturated heterocycles. The molecule has 0 aromatic heterocycles. The van der Waals surface area contributed by atoms with E-state index in [1.165, 1.54) is 5.56 Å². The molecule has 1 aromatic rings. The summed E-state index contributed by atoms with van der Waals surface area (Å²) in [5, 5.41) is 3.38. The number of nitrogens with one attached hydrogen (secondary N) is 1. The molecule has 1 N–H and O–H groups in total. The first-order valence-electron chi connectivity index (χ1n) is 7.29. The van der Waals surface area contributed by atoms with Crippen molar-refractivity contribution in [2.45, 2.75) is 44.0 Å². The molecule has 0 spiro atoms. The van der Waals surface area contributed by atoms with Gasteiger partial charge in [0.1, 0.15) is 0 Å². The number of hydrogen-bond acceptors (Lipinski definition) is 3. The first-order valence-corrected chi connectivity index (χ1v) is 8.61. The summed E-state index contributed by atoms with van der Waals surface area (Å²) < 4.78 is 17.6. The van der Waals surface area contributed by atoms with Crippen molar-refractivity contribution < 1.29 is 8.95 Å². The fraction of sp³-hybridized carbons (Fsp3) is 0.625. The minimum Gasteiger partial charge on any atom is -0.383 e. The summed E-state index contributed by atoms with van der Waals surface area (Å²) in [6.07, 6.45) is 1.07. The fourth-order valence-electron chi connectivity index (χ4n) is 2.00. The highest BCUT2D eigenvalue weighted by Crippen LogP contribution is 2.16. The molecule has 1 aromatic carbocycles. The quantitative estimate of drug-likeness (QED) is 0.761. The van der Waals surface area contributed by atoms with Crippen molar-refractivity contribution in [3.8, 4) is 0 Å². The maximum absolute atomic E-state index is 12.4. The van der Waals surface area contributed by atoms with Crippen molar-refractivity contribution in [1.82, 2.24) is 5.32 Å². The molecule has 0 aliphatic carbocycles. The maximum atomic E-state index is 12.4. The minimum atomic E-state index is -0.982. The van der Waals surface area contributed by atoms with Crippen LogP contribution in [0.5, 0.6) is 0 Å². The number of rotatable bonds is 9. The van der Waals surface area contributed by atoms with Gasteiger partial charge in [-0.05, 0) is 36.6 Å². The smallest absolute Gasteiger partial charge is 0.0624 e. The molecule has 0 radical (unpaired) electrons. The van der Waals surface area contributed by atoms with Crippen LogP contribution in [0.4, 0.5) is 0 Å². The Kier molecular flexibility index (Phi) is 8.04. The zero-order valence-corrected chi connectivity index (χ0v) is 13.8. The molecular formula is C16H27NO2S. The van der Waals surface area contributed by atoms with Gasteiger partial charge in [-0.1, -0.05) is 32.9 Å². The van der Waals surface area contributed by atoms with Gasteiger partial charge in [0.25, 0.3) is 0 Å². The summed E-state index contributed by atoms with van der Waals surface area (Å²) in [6, 6.07) is 8.25. The molecule has 4 heteroatoms. The molecule has 0 heterocycles. The second kappa shape index (κ2) is 9.27. The van der Waals surface area contributed by atoms with Crippen LogP contribution in [0, 0.1) is 0 Å². The van der Waals surface area contributed by atoms with Gasteiger partial charge in [0.05, 0.1) is 17.4 Å². The van der Waals surface area contributed by atoms with Crippen LogP contribution in [0.2, 0.25) is 0 Å². The lowest BCUT2D eigenvalue weighted by Crippen LogP contribution is -2.38. The molecular weight excluding hydrogens is 270 g/mol. The second-order valence-corrected chi connectivity index (χ2v) is 6.84. The normalized spacial score (nSPS) is 14.4.